The molecule has 0 saturated carbocycles. The maximum absolute atomic E-state index is 13.5. The van der Waals surface area contributed by atoms with Crippen LogP contribution in [0.5, 0.6) is 0 Å². The molecule has 3 aromatic rings. The summed E-state index contributed by atoms with van der Waals surface area (Å²) >= 11 is 1.31. The van der Waals surface area contributed by atoms with Gasteiger partial charge in [-0.05, 0) is 74.2 Å². The number of carbonyl (C=O) groups excluding carboxylic acids is 1. The van der Waals surface area contributed by atoms with E-state index >= 15 is 0 Å². The lowest BCUT2D eigenvalue weighted by Gasteiger charge is -2.22. The largest absolute Gasteiger partial charge is 0.376 e. The van der Waals surface area contributed by atoms with E-state index in [-0.39, 0.29) is 30.0 Å². The quantitative estimate of drug-likeness (QED) is 0.394. The lowest BCUT2D eigenvalue weighted by molar-refractivity contribution is -0.116. The fraction of sp³-hybridized carbons (Fsp3) is 0.385. The number of anilines is 1. The Kier molecular flexibility index (Phi) is 8.16. The van der Waals surface area contributed by atoms with Gasteiger partial charge in [-0.2, -0.15) is 5.26 Å². The van der Waals surface area contributed by atoms with E-state index in [0.717, 1.165) is 41.8 Å². The standard InChI is InChI=1S/C26H28FN5O2S/c1-18-6-11-22(15-19(18)2)31(13-4-12-28)24(33)17-35-26-30-29-25(20-7-9-21(27)10-8-20)32(26)16-23-5-3-14-34-23/h6-11,15,23H,3-5,13-14,16-17H2,1-2H3. The first kappa shape index (κ1) is 24.9. The molecule has 1 saturated heterocycles. The van der Waals surface area contributed by atoms with Crippen LogP contribution in [0.3, 0.4) is 0 Å². The van der Waals surface area contributed by atoms with Crippen LogP contribution in [-0.2, 0) is 16.1 Å². The summed E-state index contributed by atoms with van der Waals surface area (Å²) in [5, 5.41) is 18.4. The third kappa shape index (κ3) is 6.08. The number of hydrogen-bond acceptors (Lipinski definition) is 6. The molecule has 7 nitrogen and oxygen atoms in total. The van der Waals surface area contributed by atoms with Gasteiger partial charge in [-0.3, -0.25) is 9.36 Å². The van der Waals surface area contributed by atoms with E-state index in [1.165, 1.54) is 23.9 Å². The minimum Gasteiger partial charge on any atom is -0.376 e. The van der Waals surface area contributed by atoms with Crippen LogP contribution in [0.4, 0.5) is 10.1 Å². The zero-order valence-corrected chi connectivity index (χ0v) is 20.7. The number of rotatable bonds is 9. The summed E-state index contributed by atoms with van der Waals surface area (Å²) in [6.07, 6.45) is 2.23. The summed E-state index contributed by atoms with van der Waals surface area (Å²) in [5.74, 6) is 0.336. The molecule has 0 radical (unpaired) electrons. The number of thioether (sulfide) groups is 1. The number of aryl methyl sites for hydroxylation is 2. The Balaban J connectivity index is 1.56. The first-order valence-corrected chi connectivity index (χ1v) is 12.6. The summed E-state index contributed by atoms with van der Waals surface area (Å²) < 4.78 is 21.2. The maximum atomic E-state index is 13.5. The van der Waals surface area contributed by atoms with E-state index in [1.54, 1.807) is 17.0 Å². The van der Waals surface area contributed by atoms with Gasteiger partial charge in [0.1, 0.15) is 5.82 Å². The number of carbonyl (C=O) groups is 1. The van der Waals surface area contributed by atoms with Crippen molar-refractivity contribution in [3.05, 3.63) is 59.4 Å². The Morgan fingerprint density at radius 2 is 2.03 bits per heavy atom. The summed E-state index contributed by atoms with van der Waals surface area (Å²) in [6, 6.07) is 14.1. The fourth-order valence-corrected chi connectivity index (χ4v) is 4.85. The van der Waals surface area contributed by atoms with E-state index in [9.17, 15) is 9.18 Å². The average molecular weight is 494 g/mol. The Morgan fingerprint density at radius 3 is 2.71 bits per heavy atom. The van der Waals surface area contributed by atoms with Crippen molar-refractivity contribution in [1.29, 1.82) is 5.26 Å². The van der Waals surface area contributed by atoms with Gasteiger partial charge in [0.2, 0.25) is 5.91 Å². The van der Waals surface area contributed by atoms with E-state index in [0.29, 0.717) is 24.1 Å². The van der Waals surface area contributed by atoms with Crippen LogP contribution in [-0.4, -0.2) is 45.7 Å². The first-order chi connectivity index (χ1) is 17.0. The molecule has 1 aliphatic heterocycles. The van der Waals surface area contributed by atoms with Crippen molar-refractivity contribution in [2.75, 3.05) is 23.8 Å². The van der Waals surface area contributed by atoms with E-state index in [4.69, 9.17) is 10.00 Å². The summed E-state index contributed by atoms with van der Waals surface area (Å²) in [7, 11) is 0. The lowest BCUT2D eigenvalue weighted by Crippen LogP contribution is -2.33. The van der Waals surface area contributed by atoms with Crippen LogP contribution in [0.2, 0.25) is 0 Å². The molecule has 1 amide bonds. The van der Waals surface area contributed by atoms with Crippen LogP contribution >= 0.6 is 11.8 Å². The normalized spacial score (nSPS) is 15.2. The molecule has 1 aromatic heterocycles. The topological polar surface area (TPSA) is 84.0 Å². The zero-order valence-electron chi connectivity index (χ0n) is 19.9. The smallest absolute Gasteiger partial charge is 0.237 e. The number of hydrogen-bond donors (Lipinski definition) is 0. The highest BCUT2D eigenvalue weighted by Crippen LogP contribution is 2.28. The van der Waals surface area contributed by atoms with Crippen LogP contribution in [0.15, 0.2) is 47.6 Å². The Morgan fingerprint density at radius 1 is 1.23 bits per heavy atom. The number of nitriles is 1. The molecule has 0 spiro atoms. The van der Waals surface area contributed by atoms with Gasteiger partial charge in [-0.1, -0.05) is 17.8 Å². The summed E-state index contributed by atoms with van der Waals surface area (Å²) in [4.78, 5) is 14.9. The minimum absolute atomic E-state index is 0.0444. The van der Waals surface area contributed by atoms with Crippen molar-refractivity contribution in [3.8, 4) is 17.5 Å². The van der Waals surface area contributed by atoms with Crippen molar-refractivity contribution < 1.29 is 13.9 Å². The summed E-state index contributed by atoms with van der Waals surface area (Å²) in [5.41, 5.74) is 3.76. The fourth-order valence-electron chi connectivity index (χ4n) is 4.02. The molecule has 0 bridgehead atoms. The average Bonchev–Trinajstić information content (AvgIpc) is 3.51. The van der Waals surface area contributed by atoms with Crippen molar-refractivity contribution in [1.82, 2.24) is 14.8 Å². The van der Waals surface area contributed by atoms with Gasteiger partial charge in [0, 0.05) is 24.4 Å². The highest BCUT2D eigenvalue weighted by atomic mass is 32.2. The predicted octanol–water partition coefficient (Wildman–Crippen LogP) is 4.92. The van der Waals surface area contributed by atoms with Gasteiger partial charge in [0.05, 0.1) is 30.9 Å². The number of benzene rings is 2. The predicted molar refractivity (Wildman–Crippen MR) is 134 cm³/mol. The minimum atomic E-state index is -0.317. The number of ether oxygens (including phenoxy) is 1. The molecule has 1 unspecified atom stereocenters. The molecular weight excluding hydrogens is 465 g/mol. The van der Waals surface area contributed by atoms with Crippen molar-refractivity contribution in [3.63, 3.8) is 0 Å². The molecule has 35 heavy (non-hydrogen) atoms. The molecule has 1 aliphatic rings. The van der Waals surface area contributed by atoms with Gasteiger partial charge >= 0.3 is 0 Å². The second-order valence-corrected chi connectivity index (χ2v) is 9.51. The van der Waals surface area contributed by atoms with E-state index in [2.05, 4.69) is 16.3 Å². The second-order valence-electron chi connectivity index (χ2n) is 8.57. The lowest BCUT2D eigenvalue weighted by atomic mass is 10.1. The molecule has 1 fully saturated rings. The summed E-state index contributed by atoms with van der Waals surface area (Å²) in [6.45, 7) is 5.64. The third-order valence-electron chi connectivity index (χ3n) is 6.10. The molecule has 2 heterocycles. The first-order valence-electron chi connectivity index (χ1n) is 11.6. The molecule has 1 atom stereocenters. The number of nitrogens with zero attached hydrogens (tertiary/aromatic N) is 5. The number of amides is 1. The molecule has 0 aliphatic carbocycles. The molecular formula is C26H28FN5O2S. The van der Waals surface area contributed by atoms with Crippen LogP contribution < -0.4 is 4.90 Å². The molecule has 4 rings (SSSR count). The Bertz CT molecular complexity index is 1220. The SMILES string of the molecule is Cc1ccc(N(CCC#N)C(=O)CSc2nnc(-c3ccc(F)cc3)n2CC2CCCO2)cc1C. The van der Waals surface area contributed by atoms with Crippen LogP contribution in [0, 0.1) is 31.0 Å². The van der Waals surface area contributed by atoms with Crippen LogP contribution in [0.1, 0.15) is 30.4 Å². The second kappa shape index (κ2) is 11.5. The van der Waals surface area contributed by atoms with Gasteiger partial charge in [-0.15, -0.1) is 10.2 Å². The molecule has 182 valence electrons. The van der Waals surface area contributed by atoms with Gasteiger partial charge in [0.15, 0.2) is 11.0 Å². The highest BCUT2D eigenvalue weighted by molar-refractivity contribution is 7.99. The number of halogens is 1. The van der Waals surface area contributed by atoms with Crippen molar-refractivity contribution in [2.45, 2.75) is 50.9 Å². The van der Waals surface area contributed by atoms with Gasteiger partial charge < -0.3 is 9.64 Å². The highest BCUT2D eigenvalue weighted by Gasteiger charge is 2.23. The number of aromatic nitrogens is 3. The van der Waals surface area contributed by atoms with Gasteiger partial charge in [0.25, 0.3) is 0 Å². The third-order valence-corrected chi connectivity index (χ3v) is 7.06. The van der Waals surface area contributed by atoms with E-state index in [1.807, 2.05) is 36.6 Å². The molecule has 2 aromatic carbocycles. The monoisotopic (exact) mass is 493 g/mol. The molecule has 9 heteroatoms. The Labute approximate surface area is 208 Å². The van der Waals surface area contributed by atoms with Crippen LogP contribution in [0.25, 0.3) is 11.4 Å². The Hall–Kier alpha value is -3.22. The zero-order chi connectivity index (χ0) is 24.8. The molecule has 0 N–H and O–H groups in total. The van der Waals surface area contributed by atoms with E-state index < -0.39 is 0 Å². The van der Waals surface area contributed by atoms with Crippen molar-refractivity contribution in [2.24, 2.45) is 0 Å². The van der Waals surface area contributed by atoms with Crippen molar-refractivity contribution >= 4 is 23.4 Å². The van der Waals surface area contributed by atoms with Gasteiger partial charge in [-0.25, -0.2) is 4.39 Å². The maximum Gasteiger partial charge on any atom is 0.237 e.